The summed E-state index contributed by atoms with van der Waals surface area (Å²) in [5.41, 5.74) is -0.459. The first-order valence-corrected chi connectivity index (χ1v) is 8.72. The van der Waals surface area contributed by atoms with E-state index in [4.69, 9.17) is 14.6 Å². The Kier molecular flexibility index (Phi) is 6.28. The van der Waals surface area contributed by atoms with Crippen LogP contribution in [0.2, 0.25) is 0 Å². The molecule has 0 saturated heterocycles. The molecule has 0 aliphatic rings. The van der Waals surface area contributed by atoms with Gasteiger partial charge in [-0.2, -0.15) is 13.2 Å². The van der Waals surface area contributed by atoms with Crippen LogP contribution in [0.25, 0.3) is 0 Å². The van der Waals surface area contributed by atoms with Crippen molar-refractivity contribution in [1.82, 2.24) is 0 Å². The van der Waals surface area contributed by atoms with Crippen LogP contribution in [0, 0.1) is 11.8 Å². The fourth-order valence-electron chi connectivity index (χ4n) is 2.50. The lowest BCUT2D eigenvalue weighted by molar-refractivity contribution is -0.137. The van der Waals surface area contributed by atoms with Crippen molar-refractivity contribution in [3.63, 3.8) is 0 Å². The molecule has 0 spiro atoms. The van der Waals surface area contributed by atoms with Crippen LogP contribution in [0.5, 0.6) is 17.2 Å². The monoisotopic (exact) mass is 412 g/mol. The summed E-state index contributed by atoms with van der Waals surface area (Å²) in [5, 5.41) is 9.07. The van der Waals surface area contributed by atoms with Crippen LogP contribution in [-0.2, 0) is 6.18 Å². The highest BCUT2D eigenvalue weighted by Gasteiger charge is 2.30. The maximum absolute atomic E-state index is 12.8. The maximum atomic E-state index is 12.8. The number of benzene rings is 3. The van der Waals surface area contributed by atoms with E-state index in [1.807, 2.05) is 0 Å². The summed E-state index contributed by atoms with van der Waals surface area (Å²) in [6.07, 6.45) is -4.43. The molecule has 3 aromatic carbocycles. The number of carbonyl (C=O) groups is 1. The van der Waals surface area contributed by atoms with E-state index in [1.165, 1.54) is 24.3 Å². The predicted molar refractivity (Wildman–Crippen MR) is 104 cm³/mol. The summed E-state index contributed by atoms with van der Waals surface area (Å²) in [4.78, 5) is 11.1. The van der Waals surface area contributed by atoms with Crippen LogP contribution in [0.4, 0.5) is 13.2 Å². The van der Waals surface area contributed by atoms with Gasteiger partial charge in [0, 0.05) is 5.56 Å². The van der Waals surface area contributed by atoms with Crippen molar-refractivity contribution in [2.24, 2.45) is 0 Å². The molecule has 1 N–H and O–H groups in total. The smallest absolute Gasteiger partial charge is 0.416 e. The van der Waals surface area contributed by atoms with Gasteiger partial charge in [0.2, 0.25) is 0 Å². The Morgan fingerprint density at radius 3 is 2.40 bits per heavy atom. The molecule has 3 aromatic rings. The molecule has 0 heterocycles. The molecule has 0 bridgehead atoms. The number of halogens is 3. The molecule has 3 rings (SSSR count). The van der Waals surface area contributed by atoms with Gasteiger partial charge in [-0.3, -0.25) is 0 Å². The van der Waals surface area contributed by atoms with Gasteiger partial charge in [0.15, 0.2) is 11.5 Å². The Morgan fingerprint density at radius 1 is 0.933 bits per heavy atom. The first-order valence-electron chi connectivity index (χ1n) is 8.72. The third-order valence-corrected chi connectivity index (χ3v) is 3.88. The highest BCUT2D eigenvalue weighted by Crippen LogP contribution is 2.32. The van der Waals surface area contributed by atoms with E-state index in [9.17, 15) is 18.0 Å². The number of para-hydroxylation sites is 2. The van der Waals surface area contributed by atoms with E-state index in [-0.39, 0.29) is 17.7 Å². The topological polar surface area (TPSA) is 55.8 Å². The first kappa shape index (κ1) is 20.8. The zero-order valence-corrected chi connectivity index (χ0v) is 15.4. The van der Waals surface area contributed by atoms with Crippen LogP contribution in [0.3, 0.4) is 0 Å². The van der Waals surface area contributed by atoms with Crippen LogP contribution >= 0.6 is 0 Å². The lowest BCUT2D eigenvalue weighted by Crippen LogP contribution is -2.04. The Bertz CT molecular complexity index is 1110. The fraction of sp³-hybridized carbons (Fsp3) is 0.0870. The Balaban J connectivity index is 1.69. The van der Waals surface area contributed by atoms with Crippen molar-refractivity contribution in [2.75, 3.05) is 6.61 Å². The van der Waals surface area contributed by atoms with E-state index in [0.717, 1.165) is 12.1 Å². The van der Waals surface area contributed by atoms with Crippen LogP contribution in [-0.4, -0.2) is 17.7 Å². The maximum Gasteiger partial charge on any atom is 0.416 e. The SMILES string of the molecule is O=C(O)c1cccc(Oc2ccccc2OCC#Cc2cccc(C(F)(F)F)c2)c1. The molecule has 0 amide bonds. The zero-order chi connectivity index (χ0) is 21.6. The average molecular weight is 412 g/mol. The minimum atomic E-state index is -4.43. The second kappa shape index (κ2) is 9.05. The number of carboxylic acid groups (broad SMARTS) is 1. The third kappa shape index (κ3) is 5.55. The molecule has 0 aromatic heterocycles. The number of carboxylic acids is 1. The molecular weight excluding hydrogens is 397 g/mol. The standard InChI is InChI=1S/C23H15F3O4/c24-23(25,26)18-9-3-6-16(14-18)7-5-13-29-20-11-1-2-12-21(20)30-19-10-4-8-17(15-19)22(27)28/h1-4,6,8-12,14-15H,13H2,(H,27,28). The molecule has 152 valence electrons. The minimum absolute atomic E-state index is 0.0776. The van der Waals surface area contributed by atoms with E-state index in [0.29, 0.717) is 17.2 Å². The van der Waals surface area contributed by atoms with Crippen LogP contribution in [0.15, 0.2) is 72.8 Å². The van der Waals surface area contributed by atoms with Gasteiger partial charge in [-0.25, -0.2) is 4.79 Å². The average Bonchev–Trinajstić information content (AvgIpc) is 2.72. The molecule has 0 unspecified atom stereocenters. The number of rotatable bonds is 5. The highest BCUT2D eigenvalue weighted by molar-refractivity contribution is 5.88. The van der Waals surface area contributed by atoms with Crippen molar-refractivity contribution in [3.8, 4) is 29.1 Å². The van der Waals surface area contributed by atoms with Gasteiger partial charge in [0.25, 0.3) is 0 Å². The molecule has 7 heteroatoms. The molecule has 30 heavy (non-hydrogen) atoms. The number of aromatic carboxylic acids is 1. The minimum Gasteiger partial charge on any atom is -0.478 e. The molecule has 0 atom stereocenters. The predicted octanol–water partition coefficient (Wildman–Crippen LogP) is 5.63. The quantitative estimate of drug-likeness (QED) is 0.552. The molecular formula is C23H15F3O4. The summed E-state index contributed by atoms with van der Waals surface area (Å²) >= 11 is 0. The first-order chi connectivity index (χ1) is 14.3. The molecule has 0 saturated carbocycles. The molecule has 0 radical (unpaired) electrons. The van der Waals surface area contributed by atoms with Crippen molar-refractivity contribution in [3.05, 3.63) is 89.5 Å². The second-order valence-corrected chi connectivity index (χ2v) is 6.05. The Morgan fingerprint density at radius 2 is 1.67 bits per heavy atom. The molecule has 0 aliphatic heterocycles. The summed E-state index contributed by atoms with van der Waals surface area (Å²) in [5.74, 6) is 5.26. The Hall–Kier alpha value is -3.92. The van der Waals surface area contributed by atoms with Gasteiger partial charge in [-0.05, 0) is 48.5 Å². The van der Waals surface area contributed by atoms with Gasteiger partial charge in [-0.15, -0.1) is 0 Å². The normalized spacial score (nSPS) is 10.6. The third-order valence-electron chi connectivity index (χ3n) is 3.88. The van der Waals surface area contributed by atoms with E-state index in [1.54, 1.807) is 36.4 Å². The Labute approximate surface area is 170 Å². The number of hydrogen-bond donors (Lipinski definition) is 1. The molecule has 4 nitrogen and oxygen atoms in total. The zero-order valence-electron chi connectivity index (χ0n) is 15.4. The summed E-state index contributed by atoms with van der Waals surface area (Å²) in [6.45, 7) is -0.0776. The highest BCUT2D eigenvalue weighted by atomic mass is 19.4. The van der Waals surface area contributed by atoms with E-state index >= 15 is 0 Å². The van der Waals surface area contributed by atoms with Gasteiger partial charge in [0.05, 0.1) is 11.1 Å². The fourth-order valence-corrected chi connectivity index (χ4v) is 2.50. The number of ether oxygens (including phenoxy) is 2. The number of hydrogen-bond acceptors (Lipinski definition) is 3. The van der Waals surface area contributed by atoms with E-state index in [2.05, 4.69) is 11.8 Å². The lowest BCUT2D eigenvalue weighted by Gasteiger charge is -2.11. The van der Waals surface area contributed by atoms with Crippen molar-refractivity contribution in [2.45, 2.75) is 6.18 Å². The van der Waals surface area contributed by atoms with Gasteiger partial charge < -0.3 is 14.6 Å². The largest absolute Gasteiger partial charge is 0.478 e. The second-order valence-electron chi connectivity index (χ2n) is 6.05. The summed E-state index contributed by atoms with van der Waals surface area (Å²) < 4.78 is 49.5. The van der Waals surface area contributed by atoms with Crippen molar-refractivity contribution >= 4 is 5.97 Å². The van der Waals surface area contributed by atoms with Crippen LogP contribution in [0.1, 0.15) is 21.5 Å². The summed E-state index contributed by atoms with van der Waals surface area (Å²) in [7, 11) is 0. The van der Waals surface area contributed by atoms with Gasteiger partial charge >= 0.3 is 12.1 Å². The molecule has 0 aliphatic carbocycles. The van der Waals surface area contributed by atoms with Crippen molar-refractivity contribution in [1.29, 1.82) is 0 Å². The lowest BCUT2D eigenvalue weighted by atomic mass is 10.1. The van der Waals surface area contributed by atoms with Crippen molar-refractivity contribution < 1.29 is 32.5 Å². The number of alkyl halides is 3. The van der Waals surface area contributed by atoms with Crippen LogP contribution < -0.4 is 9.47 Å². The molecule has 0 fully saturated rings. The van der Waals surface area contributed by atoms with Gasteiger partial charge in [0.1, 0.15) is 12.4 Å². The van der Waals surface area contributed by atoms with Gasteiger partial charge in [-0.1, -0.05) is 36.1 Å². The summed E-state index contributed by atoms with van der Waals surface area (Å²) in [6, 6.07) is 17.4. The van der Waals surface area contributed by atoms with E-state index < -0.39 is 17.7 Å².